The third-order valence-corrected chi connectivity index (χ3v) is 12.2. The van der Waals surface area contributed by atoms with Crippen LogP contribution in [-0.4, -0.2) is 26.8 Å². The summed E-state index contributed by atoms with van der Waals surface area (Å²) in [6, 6.07) is 0. The Bertz CT molecular complexity index is 642. The first-order valence-electron chi connectivity index (χ1n) is 21.3. The third kappa shape index (κ3) is 23.8. The molecule has 1 spiro atoms. The fraction of sp³-hybridized carbons (Fsp3) is 0.977. The maximum Gasteiger partial charge on any atom is 0.309 e. The van der Waals surface area contributed by atoms with E-state index >= 15 is 0 Å². The quantitative estimate of drug-likeness (QED) is 0.107. The Labute approximate surface area is 322 Å². The van der Waals surface area contributed by atoms with E-state index in [2.05, 4.69) is 0 Å². The number of rotatable bonds is 13. The molecule has 0 amide bonds. The summed E-state index contributed by atoms with van der Waals surface area (Å²) in [7, 11) is 3.36. The molecule has 0 saturated heterocycles. The molecule has 0 N–H and O–H groups in total. The molecular formula is C43H82Fe2O3. The van der Waals surface area contributed by atoms with E-state index in [0.717, 1.165) is 18.9 Å². The molecule has 0 aromatic rings. The van der Waals surface area contributed by atoms with Gasteiger partial charge in [-0.25, -0.2) is 0 Å². The van der Waals surface area contributed by atoms with Gasteiger partial charge in [0.05, 0.1) is 13.0 Å². The normalized spacial score (nSPS) is 22.1. The SMILES string of the molecule is C1CCCC1.C1CCCC1.COC(=O)C1CCCCCCCCC12CCCC2.COCCCCCCCCCCCC1CCCC1.[Fe].[Fe]. The zero-order valence-electron chi connectivity index (χ0n) is 32.2. The van der Waals surface area contributed by atoms with Crippen molar-refractivity contribution >= 4 is 5.97 Å². The summed E-state index contributed by atoms with van der Waals surface area (Å²) >= 11 is 0. The summed E-state index contributed by atoms with van der Waals surface area (Å²) in [6.45, 7) is 0.946. The standard InChI is InChI=1S/C17H34O.C16H28O2.2C5H10.2Fe/c1-18-16-12-8-6-4-2-3-5-7-9-13-17-14-10-11-15-17;1-18-15(17)14-10-6-4-2-3-5-7-11-16(14)12-8-9-13-16;2*1-2-4-5-3-1;;/h17H,2-16H2,1H3;14H,2-13H2,1H3;2*1-5H2;;. The van der Waals surface area contributed by atoms with Gasteiger partial charge in [-0.3, -0.25) is 4.79 Å². The van der Waals surface area contributed by atoms with Crippen molar-refractivity contribution in [2.75, 3.05) is 20.8 Å². The first-order valence-corrected chi connectivity index (χ1v) is 21.3. The molecule has 5 aliphatic carbocycles. The average Bonchev–Trinajstić information content (AvgIpc) is 3.93. The van der Waals surface area contributed by atoms with Crippen molar-refractivity contribution in [2.45, 2.75) is 231 Å². The van der Waals surface area contributed by atoms with E-state index in [1.54, 1.807) is 14.2 Å². The fourth-order valence-corrected chi connectivity index (χ4v) is 9.18. The molecule has 1 atom stereocenters. The van der Waals surface area contributed by atoms with Gasteiger partial charge in [-0.05, 0) is 43.4 Å². The van der Waals surface area contributed by atoms with Crippen LogP contribution < -0.4 is 0 Å². The van der Waals surface area contributed by atoms with Crippen molar-refractivity contribution in [3.05, 3.63) is 0 Å². The van der Waals surface area contributed by atoms with Crippen molar-refractivity contribution in [3.8, 4) is 0 Å². The van der Waals surface area contributed by atoms with E-state index in [0.29, 0.717) is 5.41 Å². The predicted octanol–water partition coefficient (Wildman–Crippen LogP) is 14.1. The van der Waals surface area contributed by atoms with Crippen molar-refractivity contribution in [2.24, 2.45) is 17.3 Å². The Kier molecular flexibility index (Phi) is 34.9. The molecule has 0 heterocycles. The second kappa shape index (κ2) is 34.5. The first kappa shape index (κ1) is 48.5. The van der Waals surface area contributed by atoms with Crippen molar-refractivity contribution in [3.63, 3.8) is 0 Å². The number of esters is 1. The van der Waals surface area contributed by atoms with Gasteiger partial charge < -0.3 is 9.47 Å². The number of methoxy groups -OCH3 is 2. The van der Waals surface area contributed by atoms with Crippen LogP contribution in [0.15, 0.2) is 0 Å². The molecule has 5 fully saturated rings. The Balaban J connectivity index is 0.000000689. The maximum atomic E-state index is 12.2. The van der Waals surface area contributed by atoms with Crippen LogP contribution >= 0.6 is 0 Å². The third-order valence-electron chi connectivity index (χ3n) is 12.2. The second-order valence-electron chi connectivity index (χ2n) is 16.0. The molecule has 0 aromatic carbocycles. The van der Waals surface area contributed by atoms with E-state index in [9.17, 15) is 4.79 Å². The molecule has 5 saturated carbocycles. The van der Waals surface area contributed by atoms with Crippen LogP contribution in [0, 0.1) is 17.3 Å². The van der Waals surface area contributed by atoms with Gasteiger partial charge in [-0.1, -0.05) is 199 Å². The predicted molar refractivity (Wildman–Crippen MR) is 200 cm³/mol. The van der Waals surface area contributed by atoms with Gasteiger partial charge in [0.1, 0.15) is 0 Å². The van der Waals surface area contributed by atoms with Crippen LogP contribution in [0.25, 0.3) is 0 Å². The van der Waals surface area contributed by atoms with Gasteiger partial charge in [-0.15, -0.1) is 0 Å². The Morgan fingerprint density at radius 2 is 0.833 bits per heavy atom. The van der Waals surface area contributed by atoms with Crippen LogP contribution in [0.4, 0.5) is 0 Å². The Morgan fingerprint density at radius 1 is 0.479 bits per heavy atom. The first-order chi connectivity index (χ1) is 22.7. The summed E-state index contributed by atoms with van der Waals surface area (Å²) in [4.78, 5) is 12.2. The number of ether oxygens (including phenoxy) is 2. The Hall–Kier alpha value is 0.469. The van der Waals surface area contributed by atoms with Crippen molar-refractivity contribution < 1.29 is 48.4 Å². The van der Waals surface area contributed by atoms with Gasteiger partial charge in [-0.2, -0.15) is 0 Å². The minimum Gasteiger partial charge on any atom is -0.469 e. The van der Waals surface area contributed by atoms with E-state index in [-0.39, 0.29) is 46.0 Å². The van der Waals surface area contributed by atoms with E-state index in [1.165, 1.54) is 225 Å². The number of carbonyl (C=O) groups is 1. The Morgan fingerprint density at radius 3 is 1.27 bits per heavy atom. The molecule has 0 radical (unpaired) electrons. The van der Waals surface area contributed by atoms with Crippen LogP contribution in [0.3, 0.4) is 0 Å². The summed E-state index contributed by atoms with van der Waals surface area (Å²) in [5, 5.41) is 0. The van der Waals surface area contributed by atoms with Crippen LogP contribution in [-0.2, 0) is 48.4 Å². The van der Waals surface area contributed by atoms with Gasteiger partial charge in [0.25, 0.3) is 0 Å². The van der Waals surface area contributed by atoms with Crippen LogP contribution in [0.1, 0.15) is 231 Å². The van der Waals surface area contributed by atoms with Gasteiger partial charge in [0, 0.05) is 47.9 Å². The summed E-state index contributed by atoms with van der Waals surface area (Å²) in [6.07, 6.45) is 50.8. The number of hydrogen-bond acceptors (Lipinski definition) is 3. The summed E-state index contributed by atoms with van der Waals surface area (Å²) in [5.41, 5.74) is 0.296. The van der Waals surface area contributed by atoms with E-state index in [4.69, 9.17) is 9.47 Å². The van der Waals surface area contributed by atoms with Crippen LogP contribution in [0.5, 0.6) is 0 Å². The molecule has 0 aromatic heterocycles. The topological polar surface area (TPSA) is 35.5 Å². The monoisotopic (exact) mass is 758 g/mol. The van der Waals surface area contributed by atoms with E-state index in [1.807, 2.05) is 0 Å². The molecule has 3 nitrogen and oxygen atoms in total. The minimum absolute atomic E-state index is 0. The molecule has 5 heteroatoms. The number of unbranched alkanes of at least 4 members (excludes halogenated alkanes) is 8. The van der Waals surface area contributed by atoms with E-state index < -0.39 is 0 Å². The molecular weight excluding hydrogens is 676 g/mol. The molecule has 1 unspecified atom stereocenters. The van der Waals surface area contributed by atoms with Crippen LogP contribution in [0.2, 0.25) is 0 Å². The molecule has 0 bridgehead atoms. The fourth-order valence-electron chi connectivity index (χ4n) is 9.18. The van der Waals surface area contributed by atoms with Crippen molar-refractivity contribution in [1.82, 2.24) is 0 Å². The minimum atomic E-state index is 0. The smallest absolute Gasteiger partial charge is 0.309 e. The van der Waals surface area contributed by atoms with Gasteiger partial charge in [0.2, 0.25) is 0 Å². The molecule has 288 valence electrons. The zero-order valence-corrected chi connectivity index (χ0v) is 34.5. The zero-order chi connectivity index (χ0) is 32.8. The molecule has 5 aliphatic rings. The van der Waals surface area contributed by atoms with Gasteiger partial charge in [0.15, 0.2) is 0 Å². The molecule has 48 heavy (non-hydrogen) atoms. The summed E-state index contributed by atoms with van der Waals surface area (Å²) in [5.74, 6) is 1.35. The largest absolute Gasteiger partial charge is 0.469 e. The molecule has 0 aliphatic heterocycles. The molecule has 5 rings (SSSR count). The maximum absolute atomic E-state index is 12.2. The number of hydrogen-bond donors (Lipinski definition) is 0. The summed E-state index contributed by atoms with van der Waals surface area (Å²) < 4.78 is 10.2. The second-order valence-corrected chi connectivity index (χ2v) is 16.0. The van der Waals surface area contributed by atoms with Crippen molar-refractivity contribution in [1.29, 1.82) is 0 Å². The average molecular weight is 759 g/mol. The van der Waals surface area contributed by atoms with Gasteiger partial charge >= 0.3 is 5.97 Å². The number of carbonyl (C=O) groups excluding carboxylic acids is 1.